The number of likely N-dealkylation sites (tertiary alicyclic amines) is 2. The second kappa shape index (κ2) is 15.1. The minimum atomic E-state index is -4.66. The van der Waals surface area contributed by atoms with Crippen molar-refractivity contribution in [2.24, 2.45) is 5.92 Å². The van der Waals surface area contributed by atoms with Gasteiger partial charge in [-0.2, -0.15) is 13.2 Å². The number of hydrogen-bond donors (Lipinski definition) is 3. The van der Waals surface area contributed by atoms with E-state index >= 15 is 0 Å². The molecule has 3 saturated heterocycles. The molecule has 2 aromatic carbocycles. The number of benzene rings is 2. The third kappa shape index (κ3) is 8.10. The molecule has 0 saturated carbocycles. The molecule has 3 N–H and O–H groups in total. The number of rotatable bonds is 8. The number of piperidine rings is 2. The summed E-state index contributed by atoms with van der Waals surface area (Å²) in [7, 11) is 1.38. The second-order valence-electron chi connectivity index (χ2n) is 13.5. The Bertz CT molecular complexity index is 1520. The Labute approximate surface area is 290 Å². The number of piperazine rings is 1. The highest BCUT2D eigenvalue weighted by molar-refractivity contribution is 6.33. The minimum absolute atomic E-state index is 0.0413. The van der Waals surface area contributed by atoms with Gasteiger partial charge in [0.2, 0.25) is 11.8 Å². The van der Waals surface area contributed by atoms with E-state index < -0.39 is 17.7 Å². The number of hydrogen-bond acceptors (Lipinski definition) is 6. The van der Waals surface area contributed by atoms with Gasteiger partial charge in [0.1, 0.15) is 0 Å². The molecular weight excluding hydrogens is 659 g/mol. The predicted octanol–water partition coefficient (Wildman–Crippen LogP) is 4.88. The number of anilines is 2. The van der Waals surface area contributed by atoms with E-state index in [0.717, 1.165) is 56.3 Å². The van der Waals surface area contributed by atoms with Crippen LogP contribution in [0.5, 0.6) is 0 Å². The van der Waals surface area contributed by atoms with Crippen molar-refractivity contribution in [1.29, 1.82) is 0 Å². The van der Waals surface area contributed by atoms with Crippen molar-refractivity contribution >= 4 is 40.8 Å². The van der Waals surface area contributed by atoms with Gasteiger partial charge in [-0.25, -0.2) is 4.79 Å². The van der Waals surface area contributed by atoms with Gasteiger partial charge in [-0.1, -0.05) is 29.8 Å². The smallest absolute Gasteiger partial charge is 0.386 e. The molecule has 4 heterocycles. The third-order valence-electron chi connectivity index (χ3n) is 10.5. The SMILES string of the molecule is CNc1c(Cl)cc(C[C@@H](CC(=O)N2CCC(N3Cc4ccccc4NC3=O)CC2)C(=O)N2CCC(N3CCNCC3)CC2)cc1C(F)(F)F. The van der Waals surface area contributed by atoms with E-state index in [1.807, 2.05) is 29.2 Å². The van der Waals surface area contributed by atoms with Crippen LogP contribution in [0.25, 0.3) is 0 Å². The van der Waals surface area contributed by atoms with Crippen molar-refractivity contribution in [2.75, 3.05) is 70.0 Å². The van der Waals surface area contributed by atoms with Gasteiger partial charge in [0.05, 0.1) is 22.2 Å². The summed E-state index contributed by atoms with van der Waals surface area (Å²) in [6.07, 6.45) is -2.00. The Morgan fingerprint density at radius 2 is 1.61 bits per heavy atom. The lowest BCUT2D eigenvalue weighted by atomic mass is 9.91. The van der Waals surface area contributed by atoms with Crippen LogP contribution < -0.4 is 16.0 Å². The number of urea groups is 1. The second-order valence-corrected chi connectivity index (χ2v) is 13.9. The van der Waals surface area contributed by atoms with Gasteiger partial charge in [0.25, 0.3) is 0 Å². The maximum atomic E-state index is 14.1. The highest BCUT2D eigenvalue weighted by Gasteiger charge is 2.38. The largest absolute Gasteiger partial charge is 0.418 e. The minimum Gasteiger partial charge on any atom is -0.386 e. The van der Waals surface area contributed by atoms with Gasteiger partial charge in [-0.15, -0.1) is 0 Å². The molecular formula is C35H45ClF3N7O3. The van der Waals surface area contributed by atoms with Gasteiger partial charge in [0, 0.05) is 90.1 Å². The van der Waals surface area contributed by atoms with E-state index in [4.69, 9.17) is 11.6 Å². The summed E-state index contributed by atoms with van der Waals surface area (Å²) >= 11 is 6.31. The van der Waals surface area contributed by atoms with E-state index in [1.54, 1.807) is 9.80 Å². The Kier molecular flexibility index (Phi) is 10.9. The molecule has 0 spiro atoms. The molecule has 0 aliphatic carbocycles. The first kappa shape index (κ1) is 35.3. The van der Waals surface area contributed by atoms with Crippen molar-refractivity contribution < 1.29 is 27.6 Å². The van der Waals surface area contributed by atoms with E-state index in [2.05, 4.69) is 20.9 Å². The summed E-state index contributed by atoms with van der Waals surface area (Å²) in [4.78, 5) is 48.5. The highest BCUT2D eigenvalue weighted by Crippen LogP contribution is 2.40. The zero-order valence-electron chi connectivity index (χ0n) is 27.8. The third-order valence-corrected chi connectivity index (χ3v) is 10.8. The summed E-state index contributed by atoms with van der Waals surface area (Å²) in [6.45, 7) is 6.23. The molecule has 10 nitrogen and oxygen atoms in total. The molecule has 0 unspecified atom stereocenters. The van der Waals surface area contributed by atoms with Crippen molar-refractivity contribution in [3.8, 4) is 0 Å². The summed E-state index contributed by atoms with van der Waals surface area (Å²) in [5.74, 6) is -1.27. The lowest BCUT2D eigenvalue weighted by Crippen LogP contribution is -2.53. The molecule has 14 heteroatoms. The fourth-order valence-corrected chi connectivity index (χ4v) is 8.17. The topological polar surface area (TPSA) is 100 Å². The standard InChI is InChI=1S/C35H45ClF3N7O3/c1-40-32-28(35(37,38)39)19-23(20-29(32)36)18-25(33(48)45-14-6-26(7-15-45)43-16-10-41-11-17-43)21-31(47)44-12-8-27(9-13-44)46-22-24-4-2-3-5-30(24)42-34(46)49/h2-5,19-20,25-27,40-41H,6-18,21-22H2,1H3,(H,42,49)/t25-/m0/s1. The van der Waals surface area contributed by atoms with Crippen LogP contribution in [0, 0.1) is 5.92 Å². The van der Waals surface area contributed by atoms with Gasteiger partial charge in [0.15, 0.2) is 0 Å². The van der Waals surface area contributed by atoms with Crippen LogP contribution in [0.1, 0.15) is 48.8 Å². The summed E-state index contributed by atoms with van der Waals surface area (Å²) in [5.41, 5.74) is 0.979. The first-order valence-corrected chi connectivity index (χ1v) is 17.6. The van der Waals surface area contributed by atoms with E-state index in [0.29, 0.717) is 51.6 Å². The molecule has 1 atom stereocenters. The van der Waals surface area contributed by atoms with Gasteiger partial charge in [-0.05, 0) is 61.4 Å². The Morgan fingerprint density at radius 1 is 0.959 bits per heavy atom. The van der Waals surface area contributed by atoms with Crippen molar-refractivity contribution in [3.05, 3.63) is 58.1 Å². The summed E-state index contributed by atoms with van der Waals surface area (Å²) in [5, 5.41) is 8.77. The first-order chi connectivity index (χ1) is 23.5. The molecule has 4 aliphatic rings. The molecule has 0 radical (unpaired) electrons. The van der Waals surface area contributed by atoms with E-state index in [1.165, 1.54) is 13.1 Å². The Balaban J connectivity index is 1.14. The number of fused-ring (bicyclic) bond motifs is 1. The number of alkyl halides is 3. The number of carbonyl (C=O) groups excluding carboxylic acids is 3. The Morgan fingerprint density at radius 3 is 2.29 bits per heavy atom. The van der Waals surface area contributed by atoms with Crippen molar-refractivity contribution in [3.63, 3.8) is 0 Å². The normalized spacial score (nSPS) is 20.5. The van der Waals surface area contributed by atoms with Gasteiger partial charge >= 0.3 is 12.2 Å². The van der Waals surface area contributed by atoms with Crippen molar-refractivity contribution in [2.45, 2.75) is 63.3 Å². The van der Waals surface area contributed by atoms with Crippen LogP contribution in [0.3, 0.4) is 0 Å². The highest BCUT2D eigenvalue weighted by atomic mass is 35.5. The van der Waals surface area contributed by atoms with E-state index in [-0.39, 0.29) is 53.0 Å². The van der Waals surface area contributed by atoms with Crippen LogP contribution in [0.4, 0.5) is 29.3 Å². The first-order valence-electron chi connectivity index (χ1n) is 17.3. The molecule has 0 bridgehead atoms. The average Bonchev–Trinajstić information content (AvgIpc) is 3.10. The number of nitrogens with one attached hydrogen (secondary N) is 3. The lowest BCUT2D eigenvalue weighted by Gasteiger charge is -2.42. The van der Waals surface area contributed by atoms with Crippen LogP contribution in [0.2, 0.25) is 5.02 Å². The number of amides is 4. The maximum Gasteiger partial charge on any atom is 0.418 e. The van der Waals surface area contributed by atoms with Crippen LogP contribution >= 0.6 is 11.6 Å². The molecule has 4 aliphatic heterocycles. The molecule has 0 aromatic heterocycles. The van der Waals surface area contributed by atoms with Crippen LogP contribution in [-0.4, -0.2) is 109 Å². The molecule has 266 valence electrons. The number of carbonyl (C=O) groups is 3. The number of para-hydroxylation sites is 1. The Hall–Kier alpha value is -3.55. The average molecular weight is 704 g/mol. The predicted molar refractivity (Wildman–Crippen MR) is 182 cm³/mol. The summed E-state index contributed by atoms with van der Waals surface area (Å²) < 4.78 is 42.1. The fraction of sp³-hybridized carbons (Fsp3) is 0.571. The van der Waals surface area contributed by atoms with Gasteiger partial charge < -0.3 is 30.7 Å². The van der Waals surface area contributed by atoms with Crippen molar-refractivity contribution in [1.82, 2.24) is 24.9 Å². The molecule has 4 amide bonds. The van der Waals surface area contributed by atoms with E-state index in [9.17, 15) is 27.6 Å². The van der Waals surface area contributed by atoms with Crippen LogP contribution in [0.15, 0.2) is 36.4 Å². The molecule has 6 rings (SSSR count). The quantitative estimate of drug-likeness (QED) is 0.363. The fourth-order valence-electron chi connectivity index (χ4n) is 7.83. The van der Waals surface area contributed by atoms with Crippen LogP contribution in [-0.2, 0) is 28.7 Å². The lowest BCUT2D eigenvalue weighted by molar-refractivity contribution is -0.143. The molecule has 2 aromatic rings. The number of nitrogens with zero attached hydrogens (tertiary/aromatic N) is 4. The zero-order valence-corrected chi connectivity index (χ0v) is 28.6. The zero-order chi connectivity index (χ0) is 34.7. The summed E-state index contributed by atoms with van der Waals surface area (Å²) in [6, 6.07) is 10.4. The van der Waals surface area contributed by atoms with Gasteiger partial charge in [-0.3, -0.25) is 14.5 Å². The molecule has 3 fully saturated rings. The number of halogens is 4. The molecule has 49 heavy (non-hydrogen) atoms. The monoisotopic (exact) mass is 703 g/mol. The maximum absolute atomic E-state index is 14.1.